The summed E-state index contributed by atoms with van der Waals surface area (Å²) in [6, 6.07) is 5.58. The van der Waals surface area contributed by atoms with Crippen molar-refractivity contribution in [2.45, 2.75) is 6.92 Å². The minimum absolute atomic E-state index is 0.293. The molecule has 1 aromatic heterocycles. The number of ether oxygens (including phenoxy) is 1. The lowest BCUT2D eigenvalue weighted by Gasteiger charge is -2.09. The molecule has 0 aliphatic heterocycles. The highest BCUT2D eigenvalue weighted by molar-refractivity contribution is 9.10. The highest BCUT2D eigenvalue weighted by Crippen LogP contribution is 2.37. The monoisotopic (exact) mass is 282 g/mol. The predicted octanol–water partition coefficient (Wildman–Crippen LogP) is 3.00. The molecule has 0 saturated carbocycles. The molecule has 0 radical (unpaired) electrons. The van der Waals surface area contributed by atoms with Crippen LogP contribution in [0.2, 0.25) is 0 Å². The minimum Gasteiger partial charge on any atom is -0.495 e. The van der Waals surface area contributed by atoms with Crippen LogP contribution < -0.4 is 10.5 Å². The number of nitrogen functional groups attached to an aromatic ring is 1. The van der Waals surface area contributed by atoms with Crippen LogP contribution in [0.15, 0.2) is 27.2 Å². The van der Waals surface area contributed by atoms with E-state index in [1.807, 2.05) is 19.1 Å². The third-order valence-electron chi connectivity index (χ3n) is 2.30. The molecule has 1 heterocycles. The van der Waals surface area contributed by atoms with E-state index in [0.717, 1.165) is 21.3 Å². The molecule has 0 saturated heterocycles. The van der Waals surface area contributed by atoms with Gasteiger partial charge < -0.3 is 15.0 Å². The average molecular weight is 283 g/mol. The van der Waals surface area contributed by atoms with Gasteiger partial charge in [0, 0.05) is 11.6 Å². The Morgan fingerprint density at radius 1 is 1.44 bits per heavy atom. The summed E-state index contributed by atoms with van der Waals surface area (Å²) in [5.74, 6) is 1.08. The number of methoxy groups -OCH3 is 1. The lowest BCUT2D eigenvalue weighted by molar-refractivity contribution is 0.409. The number of hydrogen-bond donors (Lipinski definition) is 1. The highest BCUT2D eigenvalue weighted by atomic mass is 79.9. The Labute approximate surface area is 102 Å². The Kier molecular flexibility index (Phi) is 2.87. The van der Waals surface area contributed by atoms with Crippen molar-refractivity contribution < 1.29 is 9.26 Å². The van der Waals surface area contributed by atoms with Crippen LogP contribution in [0.25, 0.3) is 11.3 Å². The number of aryl methyl sites for hydroxylation is 1. The molecule has 5 heteroatoms. The molecule has 0 aliphatic rings. The molecule has 2 aromatic rings. The standard InChI is InChI=1S/C11H11BrN2O2/c1-6-3-4-7(10(12)11(6)15-2)8-5-9(13)16-14-8/h3-5H,13H2,1-2H3. The second-order valence-electron chi connectivity index (χ2n) is 3.39. The zero-order valence-electron chi connectivity index (χ0n) is 8.95. The van der Waals surface area contributed by atoms with Gasteiger partial charge in [-0.3, -0.25) is 0 Å². The van der Waals surface area contributed by atoms with Crippen LogP contribution in [-0.2, 0) is 0 Å². The summed E-state index contributed by atoms with van der Waals surface area (Å²) >= 11 is 3.49. The van der Waals surface area contributed by atoms with Crippen molar-refractivity contribution in [3.05, 3.63) is 28.2 Å². The van der Waals surface area contributed by atoms with Gasteiger partial charge >= 0.3 is 0 Å². The van der Waals surface area contributed by atoms with Crippen molar-refractivity contribution in [1.82, 2.24) is 5.16 Å². The quantitative estimate of drug-likeness (QED) is 0.920. The van der Waals surface area contributed by atoms with Gasteiger partial charge in [-0.2, -0.15) is 0 Å². The summed E-state index contributed by atoms with van der Waals surface area (Å²) in [6.45, 7) is 1.98. The Balaban J connectivity index is 2.58. The summed E-state index contributed by atoms with van der Waals surface area (Å²) < 4.78 is 11.0. The molecule has 84 valence electrons. The van der Waals surface area contributed by atoms with E-state index in [9.17, 15) is 0 Å². The van der Waals surface area contributed by atoms with Crippen LogP contribution in [0.4, 0.5) is 5.88 Å². The van der Waals surface area contributed by atoms with Gasteiger partial charge in [-0.1, -0.05) is 17.3 Å². The predicted molar refractivity (Wildman–Crippen MR) is 65.3 cm³/mol. The fourth-order valence-corrected chi connectivity index (χ4v) is 2.33. The third kappa shape index (κ3) is 1.78. The van der Waals surface area contributed by atoms with Crippen molar-refractivity contribution in [1.29, 1.82) is 0 Å². The highest BCUT2D eigenvalue weighted by Gasteiger charge is 2.13. The summed E-state index contributed by atoms with van der Waals surface area (Å²) in [4.78, 5) is 0. The molecule has 0 fully saturated rings. The van der Waals surface area contributed by atoms with E-state index in [-0.39, 0.29) is 0 Å². The zero-order valence-corrected chi connectivity index (χ0v) is 10.5. The number of halogens is 1. The van der Waals surface area contributed by atoms with Gasteiger partial charge in [-0.25, -0.2) is 0 Å². The molecule has 0 spiro atoms. The molecule has 0 bridgehead atoms. The fraction of sp³-hybridized carbons (Fsp3) is 0.182. The van der Waals surface area contributed by atoms with E-state index in [0.29, 0.717) is 11.6 Å². The van der Waals surface area contributed by atoms with Crippen LogP contribution in [0, 0.1) is 6.92 Å². The maximum atomic E-state index is 5.49. The number of aromatic nitrogens is 1. The molecule has 2 N–H and O–H groups in total. The maximum Gasteiger partial charge on any atom is 0.222 e. The summed E-state index contributed by atoms with van der Waals surface area (Å²) in [6.07, 6.45) is 0. The molecule has 2 rings (SSSR count). The summed E-state index contributed by atoms with van der Waals surface area (Å²) in [5, 5.41) is 3.87. The topological polar surface area (TPSA) is 61.3 Å². The van der Waals surface area contributed by atoms with Gasteiger partial charge in [0.05, 0.1) is 11.6 Å². The number of nitrogens with zero attached hydrogens (tertiary/aromatic N) is 1. The molecule has 4 nitrogen and oxygen atoms in total. The molecule has 16 heavy (non-hydrogen) atoms. The van der Waals surface area contributed by atoms with E-state index in [1.165, 1.54) is 0 Å². The number of nitrogens with two attached hydrogens (primary N) is 1. The first-order valence-electron chi connectivity index (χ1n) is 4.69. The smallest absolute Gasteiger partial charge is 0.222 e. The van der Waals surface area contributed by atoms with E-state index >= 15 is 0 Å². The summed E-state index contributed by atoms with van der Waals surface area (Å²) in [5.41, 5.74) is 8.12. The van der Waals surface area contributed by atoms with Crippen LogP contribution in [0.5, 0.6) is 5.75 Å². The second kappa shape index (κ2) is 4.17. The molecule has 0 amide bonds. The molecule has 0 unspecified atom stereocenters. The SMILES string of the molecule is COc1c(C)ccc(-c2cc(N)on2)c1Br. The first kappa shape index (κ1) is 11.0. The van der Waals surface area contributed by atoms with Gasteiger partial charge in [0.1, 0.15) is 11.4 Å². The number of benzene rings is 1. The third-order valence-corrected chi connectivity index (χ3v) is 3.09. The van der Waals surface area contributed by atoms with Gasteiger partial charge in [0.2, 0.25) is 5.88 Å². The van der Waals surface area contributed by atoms with Crippen LogP contribution in [-0.4, -0.2) is 12.3 Å². The Morgan fingerprint density at radius 2 is 2.19 bits per heavy atom. The Hall–Kier alpha value is -1.49. The van der Waals surface area contributed by atoms with Crippen LogP contribution in [0.3, 0.4) is 0 Å². The lowest BCUT2D eigenvalue weighted by atomic mass is 10.1. The lowest BCUT2D eigenvalue weighted by Crippen LogP contribution is -1.91. The average Bonchev–Trinajstić information content (AvgIpc) is 2.65. The minimum atomic E-state index is 0.293. The normalized spacial score (nSPS) is 10.4. The first-order chi connectivity index (χ1) is 7.63. The van der Waals surface area contributed by atoms with Gasteiger partial charge in [-0.05, 0) is 28.4 Å². The van der Waals surface area contributed by atoms with Crippen molar-refractivity contribution in [2.24, 2.45) is 0 Å². The van der Waals surface area contributed by atoms with Crippen molar-refractivity contribution >= 4 is 21.8 Å². The van der Waals surface area contributed by atoms with E-state index in [4.69, 9.17) is 15.0 Å². The molecular formula is C11H11BrN2O2. The van der Waals surface area contributed by atoms with Gasteiger partial charge in [0.25, 0.3) is 0 Å². The maximum absolute atomic E-state index is 5.49. The van der Waals surface area contributed by atoms with Crippen LogP contribution in [0.1, 0.15) is 5.56 Å². The number of anilines is 1. The van der Waals surface area contributed by atoms with Crippen molar-refractivity contribution in [3.8, 4) is 17.0 Å². The number of rotatable bonds is 2. The summed E-state index contributed by atoms with van der Waals surface area (Å²) in [7, 11) is 1.63. The molecule has 0 atom stereocenters. The Bertz CT molecular complexity index is 523. The number of hydrogen-bond acceptors (Lipinski definition) is 4. The van der Waals surface area contributed by atoms with Crippen LogP contribution >= 0.6 is 15.9 Å². The molecule has 1 aromatic carbocycles. The van der Waals surface area contributed by atoms with Crippen molar-refractivity contribution in [3.63, 3.8) is 0 Å². The van der Waals surface area contributed by atoms with E-state index in [2.05, 4.69) is 21.1 Å². The van der Waals surface area contributed by atoms with E-state index in [1.54, 1.807) is 13.2 Å². The molecular weight excluding hydrogens is 272 g/mol. The zero-order chi connectivity index (χ0) is 11.7. The molecule has 0 aliphatic carbocycles. The van der Waals surface area contributed by atoms with E-state index < -0.39 is 0 Å². The Morgan fingerprint density at radius 3 is 2.75 bits per heavy atom. The van der Waals surface area contributed by atoms with Crippen molar-refractivity contribution in [2.75, 3.05) is 12.8 Å². The van der Waals surface area contributed by atoms with Gasteiger partial charge in [0.15, 0.2) is 0 Å². The first-order valence-corrected chi connectivity index (χ1v) is 5.48. The second-order valence-corrected chi connectivity index (χ2v) is 4.18. The largest absolute Gasteiger partial charge is 0.495 e. The van der Waals surface area contributed by atoms with Gasteiger partial charge in [-0.15, -0.1) is 0 Å². The fourth-order valence-electron chi connectivity index (χ4n) is 1.52.